The van der Waals surface area contributed by atoms with Crippen molar-refractivity contribution in [3.05, 3.63) is 93.4 Å². The van der Waals surface area contributed by atoms with Gasteiger partial charge in [0, 0.05) is 14.5 Å². The molecular formula is C19H14Br2N4. The van der Waals surface area contributed by atoms with Gasteiger partial charge in [0.25, 0.3) is 0 Å². The van der Waals surface area contributed by atoms with Crippen molar-refractivity contribution >= 4 is 49.1 Å². The van der Waals surface area contributed by atoms with Crippen molar-refractivity contribution in [2.75, 3.05) is 5.43 Å². The van der Waals surface area contributed by atoms with Crippen molar-refractivity contribution < 1.29 is 0 Å². The van der Waals surface area contributed by atoms with Crippen LogP contribution in [0, 0.1) is 0 Å². The lowest BCUT2D eigenvalue weighted by molar-refractivity contribution is 1.22. The molecule has 3 aromatic rings. The summed E-state index contributed by atoms with van der Waals surface area (Å²) in [5.74, 6) is 0.506. The molecule has 0 heterocycles. The van der Waals surface area contributed by atoms with E-state index in [1.54, 1.807) is 0 Å². The van der Waals surface area contributed by atoms with Crippen molar-refractivity contribution in [1.82, 2.24) is 0 Å². The number of amidine groups is 1. The number of nitrogens with one attached hydrogen (secondary N) is 1. The number of azo groups is 1. The molecule has 124 valence electrons. The van der Waals surface area contributed by atoms with Crippen LogP contribution in [0.4, 0.5) is 11.4 Å². The van der Waals surface area contributed by atoms with E-state index >= 15 is 0 Å². The summed E-state index contributed by atoms with van der Waals surface area (Å²) >= 11 is 6.83. The van der Waals surface area contributed by atoms with Crippen molar-refractivity contribution in [2.45, 2.75) is 0 Å². The molecule has 0 saturated carbocycles. The maximum atomic E-state index is 4.41. The molecule has 3 rings (SSSR count). The third-order valence-electron chi connectivity index (χ3n) is 3.25. The van der Waals surface area contributed by atoms with Gasteiger partial charge in [0.05, 0.1) is 11.4 Å². The first-order valence-corrected chi connectivity index (χ1v) is 9.11. The molecular weight excluding hydrogens is 444 g/mol. The van der Waals surface area contributed by atoms with Gasteiger partial charge < -0.3 is 0 Å². The van der Waals surface area contributed by atoms with Crippen LogP contribution in [0.1, 0.15) is 5.56 Å². The Morgan fingerprint density at radius 2 is 1.32 bits per heavy atom. The molecule has 3 aromatic carbocycles. The lowest BCUT2D eigenvalue weighted by Crippen LogP contribution is -2.00. The van der Waals surface area contributed by atoms with E-state index in [1.165, 1.54) is 0 Å². The van der Waals surface area contributed by atoms with E-state index in [-0.39, 0.29) is 0 Å². The number of hydrazone groups is 1. The number of halogens is 2. The third kappa shape index (κ3) is 5.34. The minimum atomic E-state index is 0.506. The Bertz CT molecular complexity index is 874. The van der Waals surface area contributed by atoms with Gasteiger partial charge in [-0.15, -0.1) is 10.2 Å². The Hall–Kier alpha value is -2.31. The molecule has 0 radical (unpaired) electrons. The Kier molecular flexibility index (Phi) is 6.09. The molecule has 0 unspecified atom stereocenters. The van der Waals surface area contributed by atoms with E-state index < -0.39 is 0 Å². The number of nitrogens with zero attached hydrogens (tertiary/aromatic N) is 3. The van der Waals surface area contributed by atoms with Crippen LogP contribution in [0.3, 0.4) is 0 Å². The van der Waals surface area contributed by atoms with E-state index in [4.69, 9.17) is 0 Å². The molecule has 1 N–H and O–H groups in total. The molecule has 0 spiro atoms. The summed E-state index contributed by atoms with van der Waals surface area (Å²) in [5, 5.41) is 13.0. The second-order valence-corrected chi connectivity index (χ2v) is 6.93. The Morgan fingerprint density at radius 1 is 0.720 bits per heavy atom. The summed E-state index contributed by atoms with van der Waals surface area (Å²) in [7, 11) is 0. The number of anilines is 1. The molecule has 0 aliphatic rings. The van der Waals surface area contributed by atoms with Crippen molar-refractivity contribution in [1.29, 1.82) is 0 Å². The van der Waals surface area contributed by atoms with E-state index in [0.29, 0.717) is 5.84 Å². The fourth-order valence-corrected chi connectivity index (χ4v) is 2.52. The van der Waals surface area contributed by atoms with Crippen LogP contribution in [0.15, 0.2) is 103 Å². The van der Waals surface area contributed by atoms with Crippen molar-refractivity contribution in [3.8, 4) is 0 Å². The minimum absolute atomic E-state index is 0.506. The molecule has 0 fully saturated rings. The number of rotatable bonds is 4. The van der Waals surface area contributed by atoms with Gasteiger partial charge in [0.15, 0.2) is 0 Å². The second-order valence-electron chi connectivity index (χ2n) is 5.10. The monoisotopic (exact) mass is 456 g/mol. The van der Waals surface area contributed by atoms with Crippen molar-refractivity contribution in [3.63, 3.8) is 0 Å². The average Bonchev–Trinajstić information content (AvgIpc) is 2.65. The Balaban J connectivity index is 1.85. The van der Waals surface area contributed by atoms with Crippen LogP contribution < -0.4 is 5.43 Å². The summed E-state index contributed by atoms with van der Waals surface area (Å²) in [6, 6.07) is 25.1. The van der Waals surface area contributed by atoms with Crippen LogP contribution in [-0.4, -0.2) is 5.84 Å². The number of hydrogen-bond acceptors (Lipinski definition) is 3. The summed E-state index contributed by atoms with van der Waals surface area (Å²) in [5.41, 5.74) is 5.53. The lowest BCUT2D eigenvalue weighted by atomic mass is 10.2. The fraction of sp³-hybridized carbons (Fsp3) is 0. The van der Waals surface area contributed by atoms with E-state index in [2.05, 4.69) is 52.6 Å². The largest absolute Gasteiger partial charge is 0.276 e. The SMILES string of the molecule is Brc1ccc(N=NC(=NNc2ccc(Br)cc2)c2ccccc2)cc1. The molecule has 0 aliphatic carbocycles. The standard InChI is InChI=1S/C19H14Br2N4/c20-15-6-10-17(11-7-15)22-24-19(14-4-2-1-3-5-14)25-23-18-12-8-16(21)9-13-18/h1-13,22H. The second kappa shape index (κ2) is 8.69. The maximum absolute atomic E-state index is 4.41. The first-order valence-electron chi connectivity index (χ1n) is 7.53. The molecule has 4 nitrogen and oxygen atoms in total. The van der Waals surface area contributed by atoms with E-state index in [1.807, 2.05) is 78.9 Å². The van der Waals surface area contributed by atoms with Crippen LogP contribution in [-0.2, 0) is 0 Å². The first-order chi connectivity index (χ1) is 12.2. The van der Waals surface area contributed by atoms with E-state index in [0.717, 1.165) is 25.9 Å². The highest BCUT2D eigenvalue weighted by atomic mass is 79.9. The third-order valence-corrected chi connectivity index (χ3v) is 4.31. The molecule has 0 bridgehead atoms. The topological polar surface area (TPSA) is 49.1 Å². The predicted octanol–water partition coefficient (Wildman–Crippen LogP) is 6.77. The Morgan fingerprint density at radius 3 is 1.96 bits per heavy atom. The predicted molar refractivity (Wildman–Crippen MR) is 109 cm³/mol. The van der Waals surface area contributed by atoms with Crippen LogP contribution in [0.25, 0.3) is 0 Å². The van der Waals surface area contributed by atoms with Gasteiger partial charge in [-0.1, -0.05) is 62.2 Å². The molecule has 0 saturated heterocycles. The van der Waals surface area contributed by atoms with Crippen molar-refractivity contribution in [2.24, 2.45) is 15.3 Å². The molecule has 25 heavy (non-hydrogen) atoms. The summed E-state index contributed by atoms with van der Waals surface area (Å²) < 4.78 is 2.01. The zero-order valence-electron chi connectivity index (χ0n) is 13.1. The summed E-state index contributed by atoms with van der Waals surface area (Å²) in [6.07, 6.45) is 0. The number of benzene rings is 3. The fourth-order valence-electron chi connectivity index (χ4n) is 1.99. The van der Waals surface area contributed by atoms with Gasteiger partial charge in [0.1, 0.15) is 0 Å². The van der Waals surface area contributed by atoms with Gasteiger partial charge in [-0.25, -0.2) is 0 Å². The zero-order valence-corrected chi connectivity index (χ0v) is 16.3. The van der Waals surface area contributed by atoms with Gasteiger partial charge in [-0.05, 0) is 48.5 Å². The average molecular weight is 458 g/mol. The normalized spacial score (nSPS) is 11.7. The van der Waals surface area contributed by atoms with E-state index in [9.17, 15) is 0 Å². The van der Waals surface area contributed by atoms with Gasteiger partial charge in [-0.3, -0.25) is 5.43 Å². The van der Waals surface area contributed by atoms with Gasteiger partial charge in [0.2, 0.25) is 5.84 Å². The molecule has 0 atom stereocenters. The highest BCUT2D eigenvalue weighted by Crippen LogP contribution is 2.18. The smallest absolute Gasteiger partial charge is 0.201 e. The summed E-state index contributed by atoms with van der Waals surface area (Å²) in [4.78, 5) is 0. The van der Waals surface area contributed by atoms with Crippen LogP contribution >= 0.6 is 31.9 Å². The minimum Gasteiger partial charge on any atom is -0.276 e. The quantitative estimate of drug-likeness (QED) is 0.200. The highest BCUT2D eigenvalue weighted by Gasteiger charge is 2.02. The maximum Gasteiger partial charge on any atom is 0.201 e. The lowest BCUT2D eigenvalue weighted by Gasteiger charge is -2.03. The van der Waals surface area contributed by atoms with Gasteiger partial charge >= 0.3 is 0 Å². The van der Waals surface area contributed by atoms with Crippen LogP contribution in [0.5, 0.6) is 0 Å². The van der Waals surface area contributed by atoms with Gasteiger partial charge in [-0.2, -0.15) is 5.10 Å². The number of hydrogen-bond donors (Lipinski definition) is 1. The molecule has 6 heteroatoms. The highest BCUT2D eigenvalue weighted by molar-refractivity contribution is 9.10. The molecule has 0 amide bonds. The molecule has 0 aliphatic heterocycles. The summed E-state index contributed by atoms with van der Waals surface area (Å²) in [6.45, 7) is 0. The molecule has 0 aromatic heterocycles. The Labute approximate surface area is 163 Å². The zero-order chi connectivity index (χ0) is 17.5. The first kappa shape index (κ1) is 17.5. The van der Waals surface area contributed by atoms with Crippen LogP contribution in [0.2, 0.25) is 0 Å².